The van der Waals surface area contributed by atoms with Crippen molar-refractivity contribution in [2.75, 3.05) is 43.4 Å². The predicted octanol–water partition coefficient (Wildman–Crippen LogP) is 1.97. The molecule has 1 aliphatic heterocycles. The highest BCUT2D eigenvalue weighted by atomic mass is 15.2. The Bertz CT molecular complexity index is 372. The van der Waals surface area contributed by atoms with Crippen molar-refractivity contribution in [2.24, 2.45) is 0 Å². The molecule has 3 heteroatoms. The molecule has 0 aromatic heterocycles. The van der Waals surface area contributed by atoms with E-state index < -0.39 is 0 Å². The van der Waals surface area contributed by atoms with Crippen LogP contribution in [0.25, 0.3) is 0 Å². The zero-order valence-corrected chi connectivity index (χ0v) is 10.9. The van der Waals surface area contributed by atoms with Crippen LogP contribution in [0.4, 0.5) is 11.4 Å². The highest BCUT2D eigenvalue weighted by Gasteiger charge is 2.20. The molecule has 3 nitrogen and oxygen atoms in total. The SMILES string of the molecule is CCN(CC)CCN1CCc2c(N)cccc21. The molecule has 1 aromatic carbocycles. The third kappa shape index (κ3) is 2.55. The van der Waals surface area contributed by atoms with Gasteiger partial charge < -0.3 is 15.5 Å². The number of nitrogens with two attached hydrogens (primary N) is 1. The lowest BCUT2D eigenvalue weighted by atomic mass is 10.1. The third-order valence-corrected chi connectivity index (χ3v) is 3.74. The Hall–Kier alpha value is -1.22. The molecular weight excluding hydrogens is 210 g/mol. The molecule has 17 heavy (non-hydrogen) atoms. The molecule has 0 atom stereocenters. The van der Waals surface area contributed by atoms with Crippen molar-refractivity contribution >= 4 is 11.4 Å². The lowest BCUT2D eigenvalue weighted by molar-refractivity contribution is 0.310. The minimum atomic E-state index is 0.952. The van der Waals surface area contributed by atoms with Crippen LogP contribution in [0.1, 0.15) is 19.4 Å². The van der Waals surface area contributed by atoms with Crippen molar-refractivity contribution in [2.45, 2.75) is 20.3 Å². The van der Waals surface area contributed by atoms with E-state index in [-0.39, 0.29) is 0 Å². The van der Waals surface area contributed by atoms with Crippen molar-refractivity contribution in [3.63, 3.8) is 0 Å². The van der Waals surface area contributed by atoms with E-state index in [1.54, 1.807) is 0 Å². The van der Waals surface area contributed by atoms with E-state index in [1.807, 2.05) is 6.07 Å². The van der Waals surface area contributed by atoms with E-state index in [0.717, 1.165) is 44.8 Å². The number of benzene rings is 1. The van der Waals surface area contributed by atoms with Crippen molar-refractivity contribution < 1.29 is 0 Å². The zero-order valence-electron chi connectivity index (χ0n) is 10.9. The molecule has 0 amide bonds. The van der Waals surface area contributed by atoms with Crippen LogP contribution in [0, 0.1) is 0 Å². The maximum atomic E-state index is 6.01. The smallest absolute Gasteiger partial charge is 0.0420 e. The number of fused-ring (bicyclic) bond motifs is 1. The minimum absolute atomic E-state index is 0.952. The van der Waals surface area contributed by atoms with E-state index in [0.29, 0.717) is 0 Å². The molecular formula is C14H23N3. The first-order chi connectivity index (χ1) is 8.26. The van der Waals surface area contributed by atoms with Gasteiger partial charge in [0.25, 0.3) is 0 Å². The third-order valence-electron chi connectivity index (χ3n) is 3.74. The van der Waals surface area contributed by atoms with Gasteiger partial charge in [0, 0.05) is 36.6 Å². The van der Waals surface area contributed by atoms with Gasteiger partial charge in [-0.2, -0.15) is 0 Å². The van der Waals surface area contributed by atoms with E-state index >= 15 is 0 Å². The number of likely N-dealkylation sites (N-methyl/N-ethyl adjacent to an activating group) is 1. The Kier molecular flexibility index (Phi) is 3.89. The number of anilines is 2. The average Bonchev–Trinajstić information content (AvgIpc) is 2.75. The molecule has 1 aliphatic rings. The quantitative estimate of drug-likeness (QED) is 0.789. The van der Waals surface area contributed by atoms with Crippen LogP contribution < -0.4 is 10.6 Å². The Labute approximate surface area is 104 Å². The number of nitrogen functional groups attached to an aromatic ring is 1. The number of hydrogen-bond acceptors (Lipinski definition) is 3. The van der Waals surface area contributed by atoms with Crippen LogP contribution in [-0.2, 0) is 6.42 Å². The molecule has 1 aromatic rings. The maximum absolute atomic E-state index is 6.01. The number of hydrogen-bond donors (Lipinski definition) is 1. The van der Waals surface area contributed by atoms with Gasteiger partial charge in [-0.05, 0) is 31.6 Å². The Morgan fingerprint density at radius 2 is 2.06 bits per heavy atom. The molecule has 2 rings (SSSR count). The molecule has 0 spiro atoms. The molecule has 2 N–H and O–H groups in total. The standard InChI is InChI=1S/C14H23N3/c1-3-16(4-2)10-11-17-9-8-12-13(15)6-5-7-14(12)17/h5-7H,3-4,8-11,15H2,1-2H3. The van der Waals surface area contributed by atoms with Gasteiger partial charge in [-0.15, -0.1) is 0 Å². The Morgan fingerprint density at radius 3 is 2.76 bits per heavy atom. The van der Waals surface area contributed by atoms with Gasteiger partial charge in [-0.25, -0.2) is 0 Å². The molecule has 0 bridgehead atoms. The molecule has 0 saturated carbocycles. The number of rotatable bonds is 5. The van der Waals surface area contributed by atoms with Gasteiger partial charge in [-0.1, -0.05) is 19.9 Å². The molecule has 1 heterocycles. The summed E-state index contributed by atoms with van der Waals surface area (Å²) in [6.45, 7) is 10.1. The summed E-state index contributed by atoms with van der Waals surface area (Å²) in [5.41, 5.74) is 9.64. The highest BCUT2D eigenvalue weighted by Crippen LogP contribution is 2.31. The van der Waals surface area contributed by atoms with Crippen LogP contribution in [0.5, 0.6) is 0 Å². The normalized spacial score (nSPS) is 14.4. The number of nitrogens with zero attached hydrogens (tertiary/aromatic N) is 2. The van der Waals surface area contributed by atoms with Crippen LogP contribution >= 0.6 is 0 Å². The fraction of sp³-hybridized carbons (Fsp3) is 0.571. The van der Waals surface area contributed by atoms with Gasteiger partial charge in [-0.3, -0.25) is 0 Å². The van der Waals surface area contributed by atoms with Crippen LogP contribution in [0.15, 0.2) is 18.2 Å². The molecule has 0 aliphatic carbocycles. The van der Waals surface area contributed by atoms with Gasteiger partial charge in [0.1, 0.15) is 0 Å². The first kappa shape index (κ1) is 12.2. The average molecular weight is 233 g/mol. The van der Waals surface area contributed by atoms with Gasteiger partial charge in [0.05, 0.1) is 0 Å². The second kappa shape index (κ2) is 5.41. The van der Waals surface area contributed by atoms with Crippen molar-refractivity contribution in [3.8, 4) is 0 Å². The van der Waals surface area contributed by atoms with Crippen LogP contribution in [-0.4, -0.2) is 37.6 Å². The maximum Gasteiger partial charge on any atom is 0.0420 e. The summed E-state index contributed by atoms with van der Waals surface area (Å²) in [4.78, 5) is 4.92. The van der Waals surface area contributed by atoms with E-state index in [9.17, 15) is 0 Å². The Balaban J connectivity index is 2.00. The fourth-order valence-electron chi connectivity index (χ4n) is 2.56. The summed E-state index contributed by atoms with van der Waals surface area (Å²) in [7, 11) is 0. The summed E-state index contributed by atoms with van der Waals surface area (Å²) in [5.74, 6) is 0. The van der Waals surface area contributed by atoms with E-state index in [4.69, 9.17) is 5.73 Å². The molecule has 94 valence electrons. The summed E-state index contributed by atoms with van der Waals surface area (Å²) >= 11 is 0. The van der Waals surface area contributed by atoms with Gasteiger partial charge in [0.15, 0.2) is 0 Å². The largest absolute Gasteiger partial charge is 0.398 e. The first-order valence-electron chi connectivity index (χ1n) is 6.61. The molecule has 0 unspecified atom stereocenters. The Morgan fingerprint density at radius 1 is 1.29 bits per heavy atom. The predicted molar refractivity (Wildman–Crippen MR) is 74.6 cm³/mol. The van der Waals surface area contributed by atoms with E-state index in [1.165, 1.54) is 11.3 Å². The van der Waals surface area contributed by atoms with Crippen molar-refractivity contribution in [1.82, 2.24) is 4.90 Å². The minimum Gasteiger partial charge on any atom is -0.398 e. The van der Waals surface area contributed by atoms with Crippen LogP contribution in [0.2, 0.25) is 0 Å². The summed E-state index contributed by atoms with van der Waals surface area (Å²) in [6.07, 6.45) is 1.10. The van der Waals surface area contributed by atoms with Crippen molar-refractivity contribution in [1.29, 1.82) is 0 Å². The van der Waals surface area contributed by atoms with Crippen LogP contribution in [0.3, 0.4) is 0 Å². The van der Waals surface area contributed by atoms with Crippen molar-refractivity contribution in [3.05, 3.63) is 23.8 Å². The van der Waals surface area contributed by atoms with Gasteiger partial charge in [0.2, 0.25) is 0 Å². The molecule has 0 radical (unpaired) electrons. The second-order valence-electron chi connectivity index (χ2n) is 4.61. The first-order valence-corrected chi connectivity index (χ1v) is 6.61. The topological polar surface area (TPSA) is 32.5 Å². The summed E-state index contributed by atoms with van der Waals surface area (Å²) in [6, 6.07) is 6.26. The molecule has 0 fully saturated rings. The summed E-state index contributed by atoms with van der Waals surface area (Å²) in [5, 5.41) is 0. The highest BCUT2D eigenvalue weighted by molar-refractivity contribution is 5.68. The monoisotopic (exact) mass is 233 g/mol. The lowest BCUT2D eigenvalue weighted by Gasteiger charge is -2.24. The van der Waals surface area contributed by atoms with Gasteiger partial charge >= 0.3 is 0 Å². The molecule has 0 saturated heterocycles. The second-order valence-corrected chi connectivity index (χ2v) is 4.61. The summed E-state index contributed by atoms with van der Waals surface area (Å²) < 4.78 is 0. The fourth-order valence-corrected chi connectivity index (χ4v) is 2.56. The van der Waals surface area contributed by atoms with E-state index in [2.05, 4.69) is 35.8 Å². The lowest BCUT2D eigenvalue weighted by Crippen LogP contribution is -2.34. The zero-order chi connectivity index (χ0) is 12.3.